The number of Topliss-reactive ketones (excluding diaryl/α,β-unsaturated/α-hetero) is 2. The number of hydrogen-bond acceptors (Lipinski definition) is 7. The average Bonchev–Trinajstić information content (AvgIpc) is 3.03. The molecule has 0 spiro atoms. The molecule has 0 radical (unpaired) electrons. The lowest BCUT2D eigenvalue weighted by atomic mass is 9.71. The van der Waals surface area contributed by atoms with Crippen LogP contribution in [-0.4, -0.2) is 25.3 Å². The summed E-state index contributed by atoms with van der Waals surface area (Å²) in [4.78, 5) is 26.5. The maximum atomic E-state index is 13.3. The Bertz CT molecular complexity index is 1600. The summed E-state index contributed by atoms with van der Waals surface area (Å²) in [5.41, 5.74) is 6.16. The van der Waals surface area contributed by atoms with E-state index in [2.05, 4.69) is 21.2 Å². The van der Waals surface area contributed by atoms with E-state index in [0.717, 1.165) is 53.8 Å². The predicted octanol–water partition coefficient (Wildman–Crippen LogP) is 7.72. The van der Waals surface area contributed by atoms with Gasteiger partial charge >= 0.3 is 0 Å². The van der Waals surface area contributed by atoms with Crippen molar-refractivity contribution in [2.45, 2.75) is 64.6 Å². The van der Waals surface area contributed by atoms with Crippen LogP contribution in [0, 0.1) is 0 Å². The molecule has 0 atom stereocenters. The summed E-state index contributed by atoms with van der Waals surface area (Å²) in [6.07, 6.45) is 4.24. The van der Waals surface area contributed by atoms with Crippen molar-refractivity contribution in [3.8, 4) is 23.0 Å². The van der Waals surface area contributed by atoms with Crippen molar-refractivity contribution in [2.24, 2.45) is 0 Å². The number of dihydropyridines is 1. The summed E-state index contributed by atoms with van der Waals surface area (Å²) in [6, 6.07) is 19.7. The molecule has 2 aliphatic carbocycles. The second-order valence-corrected chi connectivity index (χ2v) is 12.1. The number of benzene rings is 3. The van der Waals surface area contributed by atoms with Crippen LogP contribution in [0.1, 0.15) is 68.1 Å². The number of halogens is 1. The van der Waals surface area contributed by atoms with Gasteiger partial charge in [-0.05, 0) is 89.5 Å². The highest BCUT2D eigenvalue weighted by atomic mass is 79.9. The molecular formula is C36H36BrNO6. The number of carbonyl (C=O) groups excluding carboxylic acids is 2. The summed E-state index contributed by atoms with van der Waals surface area (Å²) in [7, 11) is 1.60. The van der Waals surface area contributed by atoms with Crippen LogP contribution in [0.25, 0.3) is 0 Å². The van der Waals surface area contributed by atoms with E-state index < -0.39 is 5.92 Å². The van der Waals surface area contributed by atoms with Gasteiger partial charge in [0.25, 0.3) is 0 Å². The molecule has 3 aliphatic rings. The van der Waals surface area contributed by atoms with Gasteiger partial charge < -0.3 is 24.3 Å². The largest absolute Gasteiger partial charge is 0.493 e. The van der Waals surface area contributed by atoms with E-state index in [9.17, 15) is 9.59 Å². The fourth-order valence-electron chi connectivity index (χ4n) is 6.28. The molecule has 0 aromatic heterocycles. The lowest BCUT2D eigenvalue weighted by Crippen LogP contribution is -2.36. The fraction of sp³-hybridized carbons (Fsp3) is 0.333. The summed E-state index contributed by atoms with van der Waals surface area (Å²) in [5, 5.41) is 3.48. The van der Waals surface area contributed by atoms with E-state index in [0.29, 0.717) is 64.7 Å². The van der Waals surface area contributed by atoms with Gasteiger partial charge in [-0.15, -0.1) is 0 Å². The van der Waals surface area contributed by atoms with E-state index in [1.165, 1.54) is 0 Å². The van der Waals surface area contributed by atoms with Gasteiger partial charge in [0.2, 0.25) is 0 Å². The molecule has 228 valence electrons. The van der Waals surface area contributed by atoms with Crippen LogP contribution in [0.5, 0.6) is 23.0 Å². The van der Waals surface area contributed by atoms with Crippen molar-refractivity contribution in [2.75, 3.05) is 13.7 Å². The highest BCUT2D eigenvalue weighted by molar-refractivity contribution is 9.10. The van der Waals surface area contributed by atoms with Crippen LogP contribution in [0.2, 0.25) is 0 Å². The van der Waals surface area contributed by atoms with E-state index in [1.807, 2.05) is 67.6 Å². The van der Waals surface area contributed by atoms with E-state index in [1.54, 1.807) is 7.11 Å². The van der Waals surface area contributed by atoms with Crippen LogP contribution in [0.4, 0.5) is 0 Å². The molecule has 0 saturated heterocycles. The molecule has 0 bridgehead atoms. The first-order valence-electron chi connectivity index (χ1n) is 15.2. The third kappa shape index (κ3) is 6.13. The van der Waals surface area contributed by atoms with E-state index in [-0.39, 0.29) is 18.2 Å². The van der Waals surface area contributed by atoms with Crippen molar-refractivity contribution < 1.29 is 28.5 Å². The quantitative estimate of drug-likeness (QED) is 0.239. The third-order valence-corrected chi connectivity index (χ3v) is 8.89. The molecule has 0 saturated carbocycles. The highest BCUT2D eigenvalue weighted by Crippen LogP contribution is 2.48. The number of hydrogen-bond donors (Lipinski definition) is 1. The van der Waals surface area contributed by atoms with Crippen LogP contribution in [0.15, 0.2) is 87.7 Å². The Kier molecular flexibility index (Phi) is 9.07. The number of nitrogens with one attached hydrogen (secondary N) is 1. The Hall–Kier alpha value is -4.04. The second kappa shape index (κ2) is 13.3. The topological polar surface area (TPSA) is 83.1 Å². The van der Waals surface area contributed by atoms with E-state index in [4.69, 9.17) is 18.9 Å². The molecule has 3 aromatic rings. The summed E-state index contributed by atoms with van der Waals surface area (Å²) in [5.74, 6) is 2.17. The lowest BCUT2D eigenvalue weighted by Gasteiger charge is -2.37. The molecule has 0 fully saturated rings. The Morgan fingerprint density at radius 1 is 0.750 bits per heavy atom. The molecule has 1 aliphatic heterocycles. The average molecular weight is 659 g/mol. The van der Waals surface area contributed by atoms with Crippen molar-refractivity contribution in [1.29, 1.82) is 0 Å². The van der Waals surface area contributed by atoms with Crippen molar-refractivity contribution in [3.63, 3.8) is 0 Å². The first kappa shape index (κ1) is 30.0. The number of allylic oxidation sites excluding steroid dienone is 4. The first-order valence-corrected chi connectivity index (χ1v) is 16.0. The van der Waals surface area contributed by atoms with Crippen molar-refractivity contribution >= 4 is 27.5 Å². The van der Waals surface area contributed by atoms with Gasteiger partial charge in [0.15, 0.2) is 34.6 Å². The van der Waals surface area contributed by atoms with Gasteiger partial charge in [-0.3, -0.25) is 9.59 Å². The minimum Gasteiger partial charge on any atom is -0.493 e. The van der Waals surface area contributed by atoms with Crippen LogP contribution in [-0.2, 0) is 22.8 Å². The van der Waals surface area contributed by atoms with Crippen molar-refractivity contribution in [3.05, 3.63) is 104 Å². The molecule has 8 heteroatoms. The van der Waals surface area contributed by atoms with Crippen LogP contribution >= 0.6 is 15.9 Å². The number of ketones is 2. The molecule has 7 nitrogen and oxygen atoms in total. The van der Waals surface area contributed by atoms with Crippen molar-refractivity contribution in [1.82, 2.24) is 5.32 Å². The minimum absolute atomic E-state index is 0.102. The smallest absolute Gasteiger partial charge is 0.175 e. The molecular weight excluding hydrogens is 622 g/mol. The van der Waals surface area contributed by atoms with Gasteiger partial charge in [0.1, 0.15) is 13.2 Å². The fourth-order valence-corrected chi connectivity index (χ4v) is 6.86. The van der Waals surface area contributed by atoms with Gasteiger partial charge in [-0.1, -0.05) is 36.4 Å². The van der Waals surface area contributed by atoms with E-state index >= 15 is 0 Å². The van der Waals surface area contributed by atoms with Gasteiger partial charge in [-0.25, -0.2) is 0 Å². The maximum Gasteiger partial charge on any atom is 0.175 e. The molecule has 0 unspecified atom stereocenters. The van der Waals surface area contributed by atoms with Crippen LogP contribution < -0.4 is 24.3 Å². The minimum atomic E-state index is -0.418. The summed E-state index contributed by atoms with van der Waals surface area (Å²) < 4.78 is 24.8. The normalized spacial score (nSPS) is 16.7. The lowest BCUT2D eigenvalue weighted by molar-refractivity contribution is -0.117. The number of methoxy groups -OCH3 is 1. The molecule has 3 aromatic carbocycles. The second-order valence-electron chi connectivity index (χ2n) is 11.2. The Balaban J connectivity index is 1.26. The molecule has 1 N–H and O–H groups in total. The van der Waals surface area contributed by atoms with Gasteiger partial charge in [0, 0.05) is 41.3 Å². The Morgan fingerprint density at radius 3 is 2.09 bits per heavy atom. The standard InChI is InChI=1S/C36H36BrNO6/c1-3-42-31-17-23(15-16-30(31)43-20-22-9-5-4-6-10-22)21-44-36-25(37)18-24(19-32(36)41-2)33-34-26(11-7-13-28(34)39)38-27-12-8-14-29(40)35(27)33/h4-6,9-10,15-19,33,38H,3,7-8,11-14,20-21H2,1-2H3. The summed E-state index contributed by atoms with van der Waals surface area (Å²) >= 11 is 3.71. The third-order valence-electron chi connectivity index (χ3n) is 8.30. The number of carbonyl (C=O) groups is 2. The Labute approximate surface area is 266 Å². The summed E-state index contributed by atoms with van der Waals surface area (Å²) in [6.45, 7) is 3.15. The highest BCUT2D eigenvalue weighted by Gasteiger charge is 2.40. The Morgan fingerprint density at radius 2 is 1.43 bits per heavy atom. The first-order chi connectivity index (χ1) is 21.5. The van der Waals surface area contributed by atoms with Gasteiger partial charge in [-0.2, -0.15) is 0 Å². The monoisotopic (exact) mass is 657 g/mol. The molecule has 6 rings (SSSR count). The molecule has 44 heavy (non-hydrogen) atoms. The number of ether oxygens (including phenoxy) is 4. The maximum absolute atomic E-state index is 13.3. The molecule has 0 amide bonds. The number of rotatable bonds is 10. The van der Waals surface area contributed by atoms with Gasteiger partial charge in [0.05, 0.1) is 18.2 Å². The zero-order valence-electron chi connectivity index (χ0n) is 25.0. The zero-order chi connectivity index (χ0) is 30.6. The zero-order valence-corrected chi connectivity index (χ0v) is 26.6. The van der Waals surface area contributed by atoms with Crippen LogP contribution in [0.3, 0.4) is 0 Å². The SMILES string of the molecule is CCOc1cc(COc2c(Br)cc(C3C4=C(CCCC4=O)NC4=C3C(=O)CCC4)cc2OC)ccc1OCc1ccccc1. The predicted molar refractivity (Wildman–Crippen MR) is 171 cm³/mol. The molecule has 1 heterocycles.